The zero-order chi connectivity index (χ0) is 14.2. The Morgan fingerprint density at radius 2 is 2.11 bits per heavy atom. The fourth-order valence-electron chi connectivity index (χ4n) is 1.54. The minimum atomic E-state index is -4.02. The van der Waals surface area contributed by atoms with Gasteiger partial charge in [0.25, 0.3) is 19.9 Å². The monoisotopic (exact) mass is 302 g/mol. The molecule has 8 nitrogen and oxygen atoms in total. The number of halogens is 1. The smallest absolute Gasteiger partial charge is 0.258 e. The second-order valence-electron chi connectivity index (χ2n) is 3.61. The van der Waals surface area contributed by atoms with E-state index < -0.39 is 19.1 Å². The Bertz CT molecular complexity index is 755. The Morgan fingerprint density at radius 3 is 2.63 bits per heavy atom. The zero-order valence-corrected chi connectivity index (χ0v) is 11.1. The first-order valence-electron chi connectivity index (χ1n) is 4.92. The SMILES string of the molecule is Cc1c(-c2n[nH]c(S(=O)(=O)Cl)n2)cccc1[N+](=O)[O-]. The van der Waals surface area contributed by atoms with Crippen molar-refractivity contribution in [2.75, 3.05) is 0 Å². The lowest BCUT2D eigenvalue weighted by Gasteiger charge is -2.01. The molecule has 0 fully saturated rings. The Morgan fingerprint density at radius 1 is 1.42 bits per heavy atom. The van der Waals surface area contributed by atoms with Gasteiger partial charge in [-0.2, -0.15) is 10.1 Å². The minimum Gasteiger partial charge on any atom is -0.258 e. The van der Waals surface area contributed by atoms with E-state index in [0.717, 1.165) is 0 Å². The predicted molar refractivity (Wildman–Crippen MR) is 66.2 cm³/mol. The van der Waals surface area contributed by atoms with Crippen molar-refractivity contribution < 1.29 is 13.3 Å². The van der Waals surface area contributed by atoms with Gasteiger partial charge in [0.05, 0.1) is 4.92 Å². The van der Waals surface area contributed by atoms with Gasteiger partial charge in [0.1, 0.15) is 0 Å². The molecule has 2 rings (SSSR count). The van der Waals surface area contributed by atoms with E-state index in [4.69, 9.17) is 10.7 Å². The number of aromatic nitrogens is 3. The Hall–Kier alpha value is -2.00. The van der Waals surface area contributed by atoms with Gasteiger partial charge >= 0.3 is 0 Å². The van der Waals surface area contributed by atoms with Gasteiger partial charge in [-0.1, -0.05) is 12.1 Å². The van der Waals surface area contributed by atoms with Crippen LogP contribution in [0.2, 0.25) is 0 Å². The molecule has 0 saturated carbocycles. The van der Waals surface area contributed by atoms with Crippen LogP contribution >= 0.6 is 10.7 Å². The zero-order valence-electron chi connectivity index (χ0n) is 9.49. The van der Waals surface area contributed by atoms with E-state index in [0.29, 0.717) is 11.1 Å². The molecule has 0 amide bonds. The van der Waals surface area contributed by atoms with E-state index in [9.17, 15) is 18.5 Å². The van der Waals surface area contributed by atoms with Gasteiger partial charge in [0, 0.05) is 27.9 Å². The number of H-pyrrole nitrogens is 1. The molecule has 1 N–H and O–H groups in total. The van der Waals surface area contributed by atoms with Gasteiger partial charge in [-0.05, 0) is 6.92 Å². The molecule has 0 bridgehead atoms. The second kappa shape index (κ2) is 4.59. The van der Waals surface area contributed by atoms with Crippen molar-refractivity contribution in [3.05, 3.63) is 33.9 Å². The molecular formula is C9H7ClN4O4S. The number of nitrogens with one attached hydrogen (secondary N) is 1. The third-order valence-electron chi connectivity index (χ3n) is 2.44. The molecule has 100 valence electrons. The lowest BCUT2D eigenvalue weighted by atomic mass is 10.1. The van der Waals surface area contributed by atoms with Crippen molar-refractivity contribution in [3.63, 3.8) is 0 Å². The summed E-state index contributed by atoms with van der Waals surface area (Å²) in [6.45, 7) is 1.53. The number of rotatable bonds is 3. The fraction of sp³-hybridized carbons (Fsp3) is 0.111. The maximum absolute atomic E-state index is 11.1. The summed E-state index contributed by atoms with van der Waals surface area (Å²) >= 11 is 0. The molecular weight excluding hydrogens is 296 g/mol. The van der Waals surface area contributed by atoms with Gasteiger partial charge in [-0.25, -0.2) is 13.5 Å². The first kappa shape index (κ1) is 13.4. The van der Waals surface area contributed by atoms with E-state index in [2.05, 4.69) is 15.2 Å². The van der Waals surface area contributed by atoms with Crippen LogP contribution in [0.3, 0.4) is 0 Å². The van der Waals surface area contributed by atoms with Crippen molar-refractivity contribution in [2.45, 2.75) is 12.1 Å². The molecule has 0 unspecified atom stereocenters. The van der Waals surface area contributed by atoms with Crippen LogP contribution in [-0.4, -0.2) is 28.5 Å². The summed E-state index contributed by atoms with van der Waals surface area (Å²) in [6.07, 6.45) is 0. The van der Waals surface area contributed by atoms with Crippen LogP contribution in [0.5, 0.6) is 0 Å². The summed E-state index contributed by atoms with van der Waals surface area (Å²) in [5.41, 5.74) is 0.597. The normalized spacial score (nSPS) is 11.5. The van der Waals surface area contributed by atoms with Crippen molar-refractivity contribution >= 4 is 25.4 Å². The van der Waals surface area contributed by atoms with E-state index in [1.165, 1.54) is 19.1 Å². The largest absolute Gasteiger partial charge is 0.296 e. The summed E-state index contributed by atoms with van der Waals surface area (Å²) in [5.74, 6) is 0.0282. The lowest BCUT2D eigenvalue weighted by Crippen LogP contribution is -1.95. The average molecular weight is 303 g/mol. The van der Waals surface area contributed by atoms with Gasteiger partial charge in [-0.15, -0.1) is 0 Å². The molecule has 1 aromatic heterocycles. The van der Waals surface area contributed by atoms with E-state index in [1.54, 1.807) is 6.07 Å². The summed E-state index contributed by atoms with van der Waals surface area (Å²) in [5, 5.41) is 16.2. The van der Waals surface area contributed by atoms with Gasteiger partial charge in [-0.3, -0.25) is 10.1 Å². The highest BCUT2D eigenvalue weighted by molar-refractivity contribution is 8.13. The summed E-state index contributed by atoms with van der Waals surface area (Å²) in [4.78, 5) is 14.0. The maximum atomic E-state index is 11.1. The van der Waals surface area contributed by atoms with Crippen LogP contribution in [0.4, 0.5) is 5.69 Å². The van der Waals surface area contributed by atoms with Crippen LogP contribution in [0.15, 0.2) is 23.4 Å². The third-order valence-corrected chi connectivity index (χ3v) is 3.52. The quantitative estimate of drug-likeness (QED) is 0.522. The Kier molecular flexibility index (Phi) is 3.25. The van der Waals surface area contributed by atoms with Crippen LogP contribution in [0, 0.1) is 17.0 Å². The molecule has 0 atom stereocenters. The number of hydrogen-bond acceptors (Lipinski definition) is 6. The third kappa shape index (κ3) is 2.56. The van der Waals surface area contributed by atoms with Crippen LogP contribution in [0.25, 0.3) is 11.4 Å². The molecule has 0 radical (unpaired) electrons. The van der Waals surface area contributed by atoms with Crippen molar-refractivity contribution in [3.8, 4) is 11.4 Å². The lowest BCUT2D eigenvalue weighted by molar-refractivity contribution is -0.385. The first-order valence-corrected chi connectivity index (χ1v) is 7.23. The molecule has 0 spiro atoms. The standard InChI is InChI=1S/C9H7ClN4O4S/c1-5-6(3-2-4-7(5)14(15)16)8-11-9(13-12-8)19(10,17)18/h2-4H,1H3,(H,11,12,13). The van der Waals surface area contributed by atoms with Crippen molar-refractivity contribution in [2.24, 2.45) is 0 Å². The van der Waals surface area contributed by atoms with Gasteiger partial charge < -0.3 is 0 Å². The van der Waals surface area contributed by atoms with Crippen molar-refractivity contribution in [1.29, 1.82) is 0 Å². The molecule has 1 aromatic carbocycles. The number of hydrogen-bond donors (Lipinski definition) is 1. The van der Waals surface area contributed by atoms with Crippen molar-refractivity contribution in [1.82, 2.24) is 15.2 Å². The maximum Gasteiger partial charge on any atom is 0.296 e. The molecule has 0 aliphatic heterocycles. The summed E-state index contributed by atoms with van der Waals surface area (Å²) in [6, 6.07) is 4.35. The minimum absolute atomic E-state index is 0.0282. The highest BCUT2D eigenvalue weighted by Gasteiger charge is 2.20. The number of benzene rings is 1. The van der Waals surface area contributed by atoms with Crippen LogP contribution in [-0.2, 0) is 9.05 Å². The van der Waals surface area contributed by atoms with Crippen LogP contribution < -0.4 is 0 Å². The highest BCUT2D eigenvalue weighted by atomic mass is 35.7. The summed E-state index contributed by atoms with van der Waals surface area (Å²) in [7, 11) is 1.09. The molecule has 10 heteroatoms. The molecule has 0 aliphatic carbocycles. The average Bonchev–Trinajstić information content (AvgIpc) is 2.77. The second-order valence-corrected chi connectivity index (χ2v) is 6.09. The van der Waals surface area contributed by atoms with Gasteiger partial charge in [0.2, 0.25) is 0 Å². The number of nitro groups is 1. The summed E-state index contributed by atoms with van der Waals surface area (Å²) < 4.78 is 22.1. The van der Waals surface area contributed by atoms with E-state index >= 15 is 0 Å². The fourth-order valence-corrected chi connectivity index (χ4v) is 2.10. The molecule has 1 heterocycles. The number of nitrogens with zero attached hydrogens (tertiary/aromatic N) is 3. The van der Waals surface area contributed by atoms with Gasteiger partial charge in [0.15, 0.2) is 5.82 Å². The molecule has 2 aromatic rings. The topological polar surface area (TPSA) is 119 Å². The number of nitro benzene ring substituents is 1. The van der Waals surface area contributed by atoms with Crippen LogP contribution in [0.1, 0.15) is 5.56 Å². The van der Waals surface area contributed by atoms with E-state index in [-0.39, 0.29) is 11.5 Å². The Balaban J connectivity index is 2.57. The highest BCUT2D eigenvalue weighted by Crippen LogP contribution is 2.28. The number of aromatic amines is 1. The van der Waals surface area contributed by atoms with E-state index in [1.807, 2.05) is 0 Å². The first-order chi connectivity index (χ1) is 8.80. The predicted octanol–water partition coefficient (Wildman–Crippen LogP) is 1.62. The molecule has 0 aliphatic rings. The molecule has 19 heavy (non-hydrogen) atoms. The Labute approximate surface area is 112 Å². The molecule has 0 saturated heterocycles.